The van der Waals surface area contributed by atoms with Gasteiger partial charge in [-0.3, -0.25) is 4.79 Å². The summed E-state index contributed by atoms with van der Waals surface area (Å²) in [6.45, 7) is 4.45. The summed E-state index contributed by atoms with van der Waals surface area (Å²) < 4.78 is 4.81. The third-order valence-electron chi connectivity index (χ3n) is 2.67. The van der Waals surface area contributed by atoms with Crippen LogP contribution in [0.2, 0.25) is 0 Å². The summed E-state index contributed by atoms with van der Waals surface area (Å²) >= 11 is 0. The van der Waals surface area contributed by atoms with Gasteiger partial charge in [0.05, 0.1) is 0 Å². The summed E-state index contributed by atoms with van der Waals surface area (Å²) in [4.78, 5) is 25.9. The number of rotatable bonds is 8. The second kappa shape index (κ2) is 8.13. The number of aromatic nitrogens is 2. The molecule has 112 valence electrons. The monoisotopic (exact) mass is 284 g/mol. The molecule has 1 atom stereocenters. The molecule has 0 saturated heterocycles. The third kappa shape index (κ3) is 6.72. The Labute approximate surface area is 116 Å². The molecule has 8 nitrogen and oxygen atoms in total. The third-order valence-corrected chi connectivity index (χ3v) is 2.67. The van der Waals surface area contributed by atoms with Gasteiger partial charge in [-0.05, 0) is 12.3 Å². The minimum absolute atomic E-state index is 0.113. The van der Waals surface area contributed by atoms with Crippen LogP contribution in [-0.2, 0) is 11.2 Å². The predicted octanol–water partition coefficient (Wildman–Crippen LogP) is 0.721. The maximum absolute atomic E-state index is 11.5. The van der Waals surface area contributed by atoms with Crippen LogP contribution in [0.1, 0.15) is 31.5 Å². The Morgan fingerprint density at radius 3 is 2.75 bits per heavy atom. The SMILES string of the molecule is Cc1nc(CCNC(=O)NCC(C)CCC(=O)O)no1. The van der Waals surface area contributed by atoms with Gasteiger partial charge in [0.1, 0.15) is 0 Å². The van der Waals surface area contributed by atoms with Gasteiger partial charge in [-0.25, -0.2) is 4.79 Å². The zero-order valence-electron chi connectivity index (χ0n) is 11.7. The van der Waals surface area contributed by atoms with E-state index in [-0.39, 0.29) is 18.4 Å². The van der Waals surface area contributed by atoms with E-state index in [2.05, 4.69) is 20.8 Å². The van der Waals surface area contributed by atoms with Crippen molar-refractivity contribution in [2.45, 2.75) is 33.1 Å². The highest BCUT2D eigenvalue weighted by Crippen LogP contribution is 2.03. The Kier molecular flexibility index (Phi) is 6.48. The molecule has 0 bridgehead atoms. The molecule has 0 radical (unpaired) electrons. The molecule has 0 saturated carbocycles. The van der Waals surface area contributed by atoms with Crippen LogP contribution in [0.4, 0.5) is 4.79 Å². The molecular weight excluding hydrogens is 264 g/mol. The van der Waals surface area contributed by atoms with E-state index in [0.29, 0.717) is 37.6 Å². The Balaban J connectivity index is 2.09. The van der Waals surface area contributed by atoms with Crippen LogP contribution in [0, 0.1) is 12.8 Å². The van der Waals surface area contributed by atoms with E-state index in [9.17, 15) is 9.59 Å². The van der Waals surface area contributed by atoms with Crippen LogP contribution in [0.25, 0.3) is 0 Å². The van der Waals surface area contributed by atoms with E-state index < -0.39 is 5.97 Å². The molecule has 1 heterocycles. The first kappa shape index (κ1) is 15.9. The van der Waals surface area contributed by atoms with Crippen molar-refractivity contribution < 1.29 is 19.2 Å². The summed E-state index contributed by atoms with van der Waals surface area (Å²) in [5.41, 5.74) is 0. The van der Waals surface area contributed by atoms with E-state index in [1.54, 1.807) is 6.92 Å². The minimum atomic E-state index is -0.822. The number of amides is 2. The van der Waals surface area contributed by atoms with Crippen molar-refractivity contribution in [1.82, 2.24) is 20.8 Å². The lowest BCUT2D eigenvalue weighted by atomic mass is 10.1. The fraction of sp³-hybridized carbons (Fsp3) is 0.667. The van der Waals surface area contributed by atoms with E-state index in [0.717, 1.165) is 0 Å². The van der Waals surface area contributed by atoms with Crippen molar-refractivity contribution in [2.75, 3.05) is 13.1 Å². The summed E-state index contributed by atoms with van der Waals surface area (Å²) in [6, 6.07) is -0.285. The van der Waals surface area contributed by atoms with Gasteiger partial charge in [0.25, 0.3) is 0 Å². The Morgan fingerprint density at radius 2 is 2.15 bits per heavy atom. The van der Waals surface area contributed by atoms with Gasteiger partial charge in [-0.15, -0.1) is 0 Å². The molecule has 1 aromatic rings. The van der Waals surface area contributed by atoms with Crippen LogP contribution >= 0.6 is 0 Å². The average molecular weight is 284 g/mol. The number of carboxylic acid groups (broad SMARTS) is 1. The standard InChI is InChI=1S/C12H20N4O4/c1-8(3-4-11(17)18)7-14-12(19)13-6-5-10-15-9(2)20-16-10/h8H,3-7H2,1-2H3,(H,17,18)(H2,13,14,19). The van der Waals surface area contributed by atoms with E-state index >= 15 is 0 Å². The predicted molar refractivity (Wildman–Crippen MR) is 70.2 cm³/mol. The molecule has 3 N–H and O–H groups in total. The fourth-order valence-electron chi connectivity index (χ4n) is 1.53. The Hall–Kier alpha value is -2.12. The number of carbonyl (C=O) groups excluding carboxylic acids is 1. The minimum Gasteiger partial charge on any atom is -0.481 e. The number of aryl methyl sites for hydroxylation is 1. The van der Waals surface area contributed by atoms with Crippen molar-refractivity contribution in [3.8, 4) is 0 Å². The number of urea groups is 1. The first-order valence-corrected chi connectivity index (χ1v) is 6.50. The molecule has 0 spiro atoms. The fourth-order valence-corrected chi connectivity index (χ4v) is 1.53. The average Bonchev–Trinajstić information content (AvgIpc) is 2.79. The molecule has 8 heteroatoms. The van der Waals surface area contributed by atoms with Gasteiger partial charge < -0.3 is 20.3 Å². The summed E-state index contributed by atoms with van der Waals surface area (Å²) in [6.07, 6.45) is 1.15. The highest BCUT2D eigenvalue weighted by Gasteiger charge is 2.08. The van der Waals surface area contributed by atoms with E-state index in [1.165, 1.54) is 0 Å². The largest absolute Gasteiger partial charge is 0.481 e. The summed E-state index contributed by atoms with van der Waals surface area (Å²) in [5.74, 6) is 0.350. The lowest BCUT2D eigenvalue weighted by Crippen LogP contribution is -2.38. The van der Waals surface area contributed by atoms with Crippen LogP contribution < -0.4 is 10.6 Å². The highest BCUT2D eigenvalue weighted by atomic mass is 16.5. The molecule has 0 fully saturated rings. The molecule has 0 aliphatic heterocycles. The molecule has 1 aromatic heterocycles. The van der Waals surface area contributed by atoms with Gasteiger partial charge in [-0.2, -0.15) is 4.98 Å². The number of carbonyl (C=O) groups is 2. The van der Waals surface area contributed by atoms with Crippen molar-refractivity contribution >= 4 is 12.0 Å². The molecule has 0 aliphatic rings. The molecular formula is C12H20N4O4. The van der Waals surface area contributed by atoms with Gasteiger partial charge >= 0.3 is 12.0 Å². The van der Waals surface area contributed by atoms with Crippen LogP contribution in [0.5, 0.6) is 0 Å². The smallest absolute Gasteiger partial charge is 0.314 e. The number of carboxylic acids is 1. The van der Waals surface area contributed by atoms with Crippen LogP contribution in [0.3, 0.4) is 0 Å². The zero-order valence-corrected chi connectivity index (χ0v) is 11.7. The highest BCUT2D eigenvalue weighted by molar-refractivity contribution is 5.73. The first-order chi connectivity index (χ1) is 9.47. The molecule has 1 rings (SSSR count). The first-order valence-electron chi connectivity index (χ1n) is 6.50. The number of hydrogen-bond donors (Lipinski definition) is 3. The summed E-state index contributed by atoms with van der Waals surface area (Å²) in [5, 5.41) is 17.6. The van der Waals surface area contributed by atoms with Crippen molar-refractivity contribution in [3.63, 3.8) is 0 Å². The van der Waals surface area contributed by atoms with Crippen molar-refractivity contribution in [1.29, 1.82) is 0 Å². The lowest BCUT2D eigenvalue weighted by Gasteiger charge is -2.11. The topological polar surface area (TPSA) is 117 Å². The second-order valence-electron chi connectivity index (χ2n) is 4.65. The molecule has 2 amide bonds. The van der Waals surface area contributed by atoms with Gasteiger partial charge in [0.2, 0.25) is 5.89 Å². The van der Waals surface area contributed by atoms with Gasteiger partial charge in [0.15, 0.2) is 5.82 Å². The van der Waals surface area contributed by atoms with Gasteiger partial charge in [0, 0.05) is 32.9 Å². The normalized spacial score (nSPS) is 11.9. The van der Waals surface area contributed by atoms with Crippen molar-refractivity contribution in [3.05, 3.63) is 11.7 Å². The number of nitrogens with zero attached hydrogens (tertiary/aromatic N) is 2. The number of hydrogen-bond acceptors (Lipinski definition) is 5. The Morgan fingerprint density at radius 1 is 1.40 bits per heavy atom. The molecule has 1 unspecified atom stereocenters. The maximum atomic E-state index is 11.5. The van der Waals surface area contributed by atoms with Crippen LogP contribution in [0.15, 0.2) is 4.52 Å². The van der Waals surface area contributed by atoms with E-state index in [1.807, 2.05) is 6.92 Å². The Bertz CT molecular complexity index is 446. The second-order valence-corrected chi connectivity index (χ2v) is 4.65. The quantitative estimate of drug-likeness (QED) is 0.647. The van der Waals surface area contributed by atoms with Crippen molar-refractivity contribution in [2.24, 2.45) is 5.92 Å². The zero-order chi connectivity index (χ0) is 15.0. The molecule has 20 heavy (non-hydrogen) atoms. The lowest BCUT2D eigenvalue weighted by molar-refractivity contribution is -0.137. The van der Waals surface area contributed by atoms with Crippen LogP contribution in [-0.4, -0.2) is 40.3 Å². The molecule has 0 aliphatic carbocycles. The van der Waals surface area contributed by atoms with E-state index in [4.69, 9.17) is 9.63 Å². The maximum Gasteiger partial charge on any atom is 0.314 e. The van der Waals surface area contributed by atoms with Gasteiger partial charge in [-0.1, -0.05) is 12.1 Å². The number of nitrogens with one attached hydrogen (secondary N) is 2. The summed E-state index contributed by atoms with van der Waals surface area (Å²) in [7, 11) is 0. The molecule has 0 aromatic carbocycles. The number of aliphatic carboxylic acids is 1.